The highest BCUT2D eigenvalue weighted by molar-refractivity contribution is 6.60. The molecule has 1 saturated heterocycles. The number of hydrogen-bond acceptors (Lipinski definition) is 4. The summed E-state index contributed by atoms with van der Waals surface area (Å²) < 4.78 is 17.4. The van der Waals surface area contributed by atoms with E-state index in [1.807, 2.05) is 6.92 Å². The zero-order valence-corrected chi connectivity index (χ0v) is 11.0. The maximum absolute atomic E-state index is 5.86. The van der Waals surface area contributed by atoms with E-state index in [2.05, 4.69) is 13.8 Å². The van der Waals surface area contributed by atoms with Gasteiger partial charge in [-0.2, -0.15) is 0 Å². The highest BCUT2D eigenvalue weighted by Crippen LogP contribution is 2.30. The predicted octanol–water partition coefficient (Wildman–Crippen LogP) is 1.38. The van der Waals surface area contributed by atoms with Gasteiger partial charge in [-0.15, -0.1) is 0 Å². The fraction of sp³-hybridized carbons (Fsp3) is 1.00. The second-order valence-electron chi connectivity index (χ2n) is 4.75. The van der Waals surface area contributed by atoms with Crippen molar-refractivity contribution in [3.8, 4) is 0 Å². The van der Waals surface area contributed by atoms with Crippen molar-refractivity contribution >= 4 is 8.80 Å². The summed E-state index contributed by atoms with van der Waals surface area (Å²) >= 11 is 0. The largest absolute Gasteiger partial charge is 0.501 e. The van der Waals surface area contributed by atoms with Crippen LogP contribution >= 0.6 is 0 Å². The summed E-state index contributed by atoms with van der Waals surface area (Å²) in [6, 6.07) is 0.841. The molecule has 0 saturated carbocycles. The van der Waals surface area contributed by atoms with Crippen LogP contribution in [0.25, 0.3) is 0 Å². The number of hydrogen-bond donors (Lipinski definition) is 1. The summed E-state index contributed by atoms with van der Waals surface area (Å²) in [6.45, 7) is 9.02. The minimum absolute atomic E-state index is 0.107. The molecule has 1 aliphatic rings. The van der Waals surface area contributed by atoms with Crippen molar-refractivity contribution < 1.29 is 13.3 Å². The molecule has 0 bridgehead atoms. The second-order valence-corrected chi connectivity index (χ2v) is 7.48. The molecule has 0 amide bonds. The third-order valence-electron chi connectivity index (χ3n) is 2.42. The van der Waals surface area contributed by atoms with E-state index < -0.39 is 8.80 Å². The van der Waals surface area contributed by atoms with Crippen molar-refractivity contribution in [1.82, 2.24) is 0 Å². The Morgan fingerprint density at radius 2 is 1.93 bits per heavy atom. The lowest BCUT2D eigenvalue weighted by atomic mass is 9.97. The van der Waals surface area contributed by atoms with Crippen LogP contribution in [0.1, 0.15) is 27.2 Å². The molecular formula is C10H23NO3Si. The first-order valence-corrected chi connectivity index (χ1v) is 7.59. The summed E-state index contributed by atoms with van der Waals surface area (Å²) in [7, 11) is -2.37. The van der Waals surface area contributed by atoms with Crippen LogP contribution in [0.3, 0.4) is 0 Å². The first kappa shape index (κ1) is 13.1. The quantitative estimate of drug-likeness (QED) is 0.729. The standard InChI is InChI=1S/C10H23NO3Si/c1-4-12-15(7-5-6-11)13-8-10(2,3)9-14-15/h4-9,11H2,1-3H3. The third-order valence-corrected chi connectivity index (χ3v) is 5.28. The molecule has 1 fully saturated rings. The Kier molecular flexibility index (Phi) is 4.73. The van der Waals surface area contributed by atoms with E-state index in [9.17, 15) is 0 Å². The average Bonchev–Trinajstić information content (AvgIpc) is 2.20. The first-order chi connectivity index (χ1) is 7.04. The molecule has 5 heteroatoms. The predicted molar refractivity (Wildman–Crippen MR) is 61.5 cm³/mol. The van der Waals surface area contributed by atoms with E-state index in [4.69, 9.17) is 19.0 Å². The molecule has 4 nitrogen and oxygen atoms in total. The Bertz CT molecular complexity index is 189. The van der Waals surface area contributed by atoms with Gasteiger partial charge >= 0.3 is 8.80 Å². The Balaban J connectivity index is 2.52. The topological polar surface area (TPSA) is 53.7 Å². The van der Waals surface area contributed by atoms with Crippen LogP contribution in [0.5, 0.6) is 0 Å². The van der Waals surface area contributed by atoms with E-state index in [1.54, 1.807) is 0 Å². The summed E-state index contributed by atoms with van der Waals surface area (Å²) in [5.74, 6) is 0. The maximum atomic E-state index is 5.86. The third kappa shape index (κ3) is 3.84. The van der Waals surface area contributed by atoms with Crippen molar-refractivity contribution in [2.75, 3.05) is 26.4 Å². The lowest BCUT2D eigenvalue weighted by Gasteiger charge is -2.40. The van der Waals surface area contributed by atoms with Gasteiger partial charge in [-0.05, 0) is 19.9 Å². The van der Waals surface area contributed by atoms with E-state index in [-0.39, 0.29) is 5.41 Å². The van der Waals surface area contributed by atoms with Crippen molar-refractivity contribution in [3.05, 3.63) is 0 Å². The monoisotopic (exact) mass is 233 g/mol. The van der Waals surface area contributed by atoms with Crippen LogP contribution in [0.4, 0.5) is 0 Å². The Morgan fingerprint density at radius 3 is 2.40 bits per heavy atom. The zero-order valence-electron chi connectivity index (χ0n) is 10.0. The molecule has 0 aromatic rings. The molecule has 0 atom stereocenters. The normalized spacial score (nSPS) is 24.0. The van der Waals surface area contributed by atoms with Gasteiger partial charge in [0.05, 0.1) is 0 Å². The van der Waals surface area contributed by atoms with Crippen molar-refractivity contribution in [2.45, 2.75) is 33.2 Å². The van der Waals surface area contributed by atoms with Crippen LogP contribution in [-0.2, 0) is 13.3 Å². The molecule has 0 spiro atoms. The lowest BCUT2D eigenvalue weighted by molar-refractivity contribution is -0.0410. The minimum Gasteiger partial charge on any atom is -0.374 e. The fourth-order valence-corrected chi connectivity index (χ4v) is 4.51. The van der Waals surface area contributed by atoms with Gasteiger partial charge in [-0.1, -0.05) is 13.8 Å². The molecule has 0 unspecified atom stereocenters. The lowest BCUT2D eigenvalue weighted by Crippen LogP contribution is -2.54. The Hall–Kier alpha value is 0.0569. The van der Waals surface area contributed by atoms with Gasteiger partial charge in [0, 0.05) is 31.3 Å². The molecule has 0 aromatic heterocycles. The van der Waals surface area contributed by atoms with Crippen LogP contribution in [0, 0.1) is 5.41 Å². The van der Waals surface area contributed by atoms with E-state index in [1.165, 1.54) is 0 Å². The molecule has 15 heavy (non-hydrogen) atoms. The van der Waals surface area contributed by atoms with Crippen molar-refractivity contribution in [2.24, 2.45) is 11.1 Å². The first-order valence-electron chi connectivity index (χ1n) is 5.65. The molecule has 2 N–H and O–H groups in total. The Labute approximate surface area is 93.4 Å². The van der Waals surface area contributed by atoms with E-state index in [0.717, 1.165) is 25.7 Å². The highest BCUT2D eigenvalue weighted by Gasteiger charge is 2.46. The second kappa shape index (κ2) is 5.40. The van der Waals surface area contributed by atoms with Crippen molar-refractivity contribution in [1.29, 1.82) is 0 Å². The molecular weight excluding hydrogens is 210 g/mol. The van der Waals surface area contributed by atoms with Crippen LogP contribution in [0.2, 0.25) is 6.04 Å². The van der Waals surface area contributed by atoms with Gasteiger partial charge in [0.25, 0.3) is 0 Å². The van der Waals surface area contributed by atoms with Gasteiger partial charge in [0.1, 0.15) is 0 Å². The maximum Gasteiger partial charge on any atom is 0.501 e. The molecule has 1 heterocycles. The van der Waals surface area contributed by atoms with Gasteiger partial charge < -0.3 is 19.0 Å². The Morgan fingerprint density at radius 1 is 1.33 bits per heavy atom. The smallest absolute Gasteiger partial charge is 0.374 e. The van der Waals surface area contributed by atoms with Crippen LogP contribution in [-0.4, -0.2) is 35.2 Å². The van der Waals surface area contributed by atoms with E-state index in [0.29, 0.717) is 13.2 Å². The molecule has 1 rings (SSSR count). The van der Waals surface area contributed by atoms with Crippen LogP contribution < -0.4 is 5.73 Å². The van der Waals surface area contributed by atoms with Crippen LogP contribution in [0.15, 0.2) is 0 Å². The van der Waals surface area contributed by atoms with Gasteiger partial charge in [-0.3, -0.25) is 0 Å². The molecule has 0 aliphatic carbocycles. The van der Waals surface area contributed by atoms with E-state index >= 15 is 0 Å². The van der Waals surface area contributed by atoms with Gasteiger partial charge in [0.15, 0.2) is 0 Å². The number of nitrogens with two attached hydrogens (primary N) is 1. The SMILES string of the molecule is CCO[Si]1(CCCN)OCC(C)(C)CO1. The number of rotatable bonds is 5. The van der Waals surface area contributed by atoms with Gasteiger partial charge in [0.2, 0.25) is 0 Å². The van der Waals surface area contributed by atoms with Crippen molar-refractivity contribution in [3.63, 3.8) is 0 Å². The fourth-order valence-electron chi connectivity index (χ4n) is 1.53. The average molecular weight is 233 g/mol. The zero-order chi connectivity index (χ0) is 11.4. The summed E-state index contributed by atoms with van der Waals surface area (Å²) in [5, 5.41) is 0. The van der Waals surface area contributed by atoms with Gasteiger partial charge in [-0.25, -0.2) is 0 Å². The molecule has 0 aromatic carbocycles. The minimum atomic E-state index is -2.37. The molecule has 0 radical (unpaired) electrons. The molecule has 1 aliphatic heterocycles. The highest BCUT2D eigenvalue weighted by atomic mass is 28.4. The summed E-state index contributed by atoms with van der Waals surface area (Å²) in [5.41, 5.74) is 5.62. The summed E-state index contributed by atoms with van der Waals surface area (Å²) in [6.07, 6.45) is 0.909. The summed E-state index contributed by atoms with van der Waals surface area (Å²) in [4.78, 5) is 0. The molecule has 90 valence electrons.